The summed E-state index contributed by atoms with van der Waals surface area (Å²) in [6.45, 7) is 3.59. The fourth-order valence-electron chi connectivity index (χ4n) is 1.55. The lowest BCUT2D eigenvalue weighted by Crippen LogP contribution is -2.33. The van der Waals surface area contributed by atoms with Crippen LogP contribution in [0.4, 0.5) is 0 Å². The zero-order valence-corrected chi connectivity index (χ0v) is 13.4. The van der Waals surface area contributed by atoms with Crippen LogP contribution in [0.5, 0.6) is 0 Å². The highest BCUT2D eigenvalue weighted by atomic mass is 32.1. The van der Waals surface area contributed by atoms with E-state index in [4.69, 9.17) is 10.5 Å². The van der Waals surface area contributed by atoms with Gasteiger partial charge in [0.05, 0.1) is 19.8 Å². The van der Waals surface area contributed by atoms with Crippen molar-refractivity contribution in [2.24, 2.45) is 10.7 Å². The number of thiophene rings is 1. The van der Waals surface area contributed by atoms with E-state index in [9.17, 15) is 10.1 Å². The van der Waals surface area contributed by atoms with E-state index in [1.54, 1.807) is 11.3 Å². The van der Waals surface area contributed by atoms with Gasteiger partial charge in [-0.3, -0.25) is 15.1 Å². The number of aliphatic imine (C=N–C) groups is 1. The van der Waals surface area contributed by atoms with E-state index in [0.29, 0.717) is 19.8 Å². The zero-order chi connectivity index (χ0) is 15.8. The molecule has 0 amide bonds. The van der Waals surface area contributed by atoms with Gasteiger partial charge in [-0.2, -0.15) is 0 Å². The second kappa shape index (κ2) is 8.71. The van der Waals surface area contributed by atoms with Crippen LogP contribution in [0.2, 0.25) is 0 Å². The van der Waals surface area contributed by atoms with Crippen LogP contribution in [0.25, 0.3) is 0 Å². The number of rotatable bonds is 9. The number of nitrogens with two attached hydrogens (primary N) is 1. The summed E-state index contributed by atoms with van der Waals surface area (Å²) in [7, 11) is 4.06. The number of nitrogens with zero attached hydrogens (tertiary/aromatic N) is 3. The highest BCUT2D eigenvalue weighted by Gasteiger charge is 2.16. The van der Waals surface area contributed by atoms with Crippen LogP contribution in [-0.2, 0) is 17.9 Å². The van der Waals surface area contributed by atoms with Crippen molar-refractivity contribution in [1.29, 1.82) is 0 Å². The third kappa shape index (κ3) is 6.65. The molecule has 1 aromatic rings. The molecule has 1 heterocycles. The van der Waals surface area contributed by atoms with Gasteiger partial charge in [-0.1, -0.05) is 0 Å². The summed E-state index contributed by atoms with van der Waals surface area (Å²) in [5.41, 5.74) is 5.51. The van der Waals surface area contributed by atoms with Crippen molar-refractivity contribution in [3.63, 3.8) is 0 Å². The highest BCUT2D eigenvalue weighted by molar-refractivity contribution is 7.11. The van der Waals surface area contributed by atoms with Crippen molar-refractivity contribution in [2.45, 2.75) is 26.1 Å². The third-order valence-electron chi connectivity index (χ3n) is 2.71. The SMILES string of the molecule is CC(C(N)=NCCOCc1ccc(CN(C)C)s1)[N+](=O)[O-]. The fourth-order valence-corrected chi connectivity index (χ4v) is 2.62. The molecule has 0 spiro atoms. The van der Waals surface area contributed by atoms with Crippen molar-refractivity contribution in [1.82, 2.24) is 4.90 Å². The minimum atomic E-state index is -0.948. The Bertz CT molecular complexity index is 488. The topological polar surface area (TPSA) is 94.0 Å². The van der Waals surface area contributed by atoms with Crippen LogP contribution >= 0.6 is 11.3 Å². The molecule has 0 radical (unpaired) electrons. The van der Waals surface area contributed by atoms with Gasteiger partial charge in [0.25, 0.3) is 6.04 Å². The summed E-state index contributed by atoms with van der Waals surface area (Å²) >= 11 is 1.72. The maximum atomic E-state index is 10.5. The van der Waals surface area contributed by atoms with Crippen molar-refractivity contribution in [3.05, 3.63) is 32.0 Å². The third-order valence-corrected chi connectivity index (χ3v) is 3.75. The predicted molar refractivity (Wildman–Crippen MR) is 84.3 cm³/mol. The Morgan fingerprint density at radius 1 is 1.52 bits per heavy atom. The molecule has 0 bridgehead atoms. The number of amidine groups is 1. The van der Waals surface area contributed by atoms with Gasteiger partial charge in [0.1, 0.15) is 0 Å². The second-order valence-electron chi connectivity index (χ2n) is 4.93. The van der Waals surface area contributed by atoms with Gasteiger partial charge in [-0.15, -0.1) is 11.3 Å². The lowest BCUT2D eigenvalue weighted by molar-refractivity contribution is -0.498. The first-order chi connectivity index (χ1) is 9.90. The molecule has 0 saturated heterocycles. The number of hydrogen-bond donors (Lipinski definition) is 1. The van der Waals surface area contributed by atoms with E-state index in [0.717, 1.165) is 11.4 Å². The lowest BCUT2D eigenvalue weighted by atomic mass is 10.3. The molecule has 0 aliphatic rings. The second-order valence-corrected chi connectivity index (χ2v) is 6.18. The number of ether oxygens (including phenoxy) is 1. The molecule has 0 aromatic carbocycles. The molecule has 0 aliphatic heterocycles. The average molecular weight is 314 g/mol. The van der Waals surface area contributed by atoms with Crippen molar-refractivity contribution in [2.75, 3.05) is 27.2 Å². The molecule has 0 saturated carbocycles. The van der Waals surface area contributed by atoms with Gasteiger partial charge in [0, 0.05) is 28.1 Å². The van der Waals surface area contributed by atoms with Crippen molar-refractivity contribution < 1.29 is 9.66 Å². The average Bonchev–Trinajstić information content (AvgIpc) is 2.83. The monoisotopic (exact) mass is 314 g/mol. The molecule has 2 N–H and O–H groups in total. The van der Waals surface area contributed by atoms with E-state index in [-0.39, 0.29) is 5.84 Å². The number of hydrogen-bond acceptors (Lipinski definition) is 6. The summed E-state index contributed by atoms with van der Waals surface area (Å²) in [5.74, 6) is 0.0352. The summed E-state index contributed by atoms with van der Waals surface area (Å²) in [6, 6.07) is 3.20. The standard InChI is InChI=1S/C13H22N4O3S/c1-10(17(18)19)13(14)15-6-7-20-9-12-5-4-11(21-12)8-16(2)3/h4-5,10H,6-9H2,1-3H3,(H2,14,15). The zero-order valence-electron chi connectivity index (χ0n) is 12.6. The highest BCUT2D eigenvalue weighted by Crippen LogP contribution is 2.18. The van der Waals surface area contributed by atoms with Gasteiger partial charge in [-0.05, 0) is 26.2 Å². The summed E-state index contributed by atoms with van der Waals surface area (Å²) in [5, 5.41) is 10.5. The van der Waals surface area contributed by atoms with E-state index in [1.165, 1.54) is 11.8 Å². The first kappa shape index (κ1) is 17.5. The molecule has 1 unspecified atom stereocenters. The van der Waals surface area contributed by atoms with Crippen LogP contribution in [0.1, 0.15) is 16.7 Å². The Morgan fingerprint density at radius 2 is 2.19 bits per heavy atom. The quantitative estimate of drug-likeness (QED) is 0.244. The largest absolute Gasteiger partial charge is 0.382 e. The van der Waals surface area contributed by atoms with Crippen LogP contribution < -0.4 is 5.73 Å². The Labute approximate surface area is 128 Å². The minimum absolute atomic E-state index is 0.0352. The molecule has 1 atom stereocenters. The predicted octanol–water partition coefficient (Wildman–Crippen LogP) is 1.35. The molecule has 8 heteroatoms. The molecule has 1 rings (SSSR count). The minimum Gasteiger partial charge on any atom is -0.382 e. The van der Waals surface area contributed by atoms with E-state index in [1.807, 2.05) is 14.1 Å². The molecule has 21 heavy (non-hydrogen) atoms. The Balaban J connectivity index is 2.26. The summed E-state index contributed by atoms with van der Waals surface area (Å²) in [6.07, 6.45) is 0. The maximum Gasteiger partial charge on any atom is 0.266 e. The van der Waals surface area contributed by atoms with Crippen LogP contribution in [0.3, 0.4) is 0 Å². The molecule has 0 aliphatic carbocycles. The van der Waals surface area contributed by atoms with Crippen LogP contribution in [0, 0.1) is 10.1 Å². The Hall–Kier alpha value is -1.51. The summed E-state index contributed by atoms with van der Waals surface area (Å²) in [4.78, 5) is 18.6. The van der Waals surface area contributed by atoms with Gasteiger partial charge < -0.3 is 15.4 Å². The smallest absolute Gasteiger partial charge is 0.266 e. The number of nitro groups is 1. The van der Waals surface area contributed by atoms with Gasteiger partial charge in [-0.25, -0.2) is 0 Å². The van der Waals surface area contributed by atoms with Crippen molar-refractivity contribution in [3.8, 4) is 0 Å². The van der Waals surface area contributed by atoms with Crippen LogP contribution in [0.15, 0.2) is 17.1 Å². The summed E-state index contributed by atoms with van der Waals surface area (Å²) < 4.78 is 5.49. The maximum absolute atomic E-state index is 10.5. The molecular formula is C13H22N4O3S. The Morgan fingerprint density at radius 3 is 2.81 bits per heavy atom. The van der Waals surface area contributed by atoms with E-state index < -0.39 is 11.0 Å². The lowest BCUT2D eigenvalue weighted by Gasteiger charge is -2.06. The van der Waals surface area contributed by atoms with E-state index in [2.05, 4.69) is 22.0 Å². The molecule has 0 fully saturated rings. The Kier molecular flexibility index (Phi) is 7.27. The molecule has 118 valence electrons. The first-order valence-electron chi connectivity index (χ1n) is 6.63. The van der Waals surface area contributed by atoms with Gasteiger partial charge in [0.15, 0.2) is 5.84 Å². The molecule has 1 aromatic heterocycles. The van der Waals surface area contributed by atoms with Gasteiger partial charge in [0.2, 0.25) is 0 Å². The molecular weight excluding hydrogens is 292 g/mol. The normalized spacial score (nSPS) is 13.6. The van der Waals surface area contributed by atoms with Crippen molar-refractivity contribution >= 4 is 17.2 Å². The fraction of sp³-hybridized carbons (Fsp3) is 0.615. The molecule has 7 nitrogen and oxygen atoms in total. The van der Waals surface area contributed by atoms with E-state index >= 15 is 0 Å². The van der Waals surface area contributed by atoms with Gasteiger partial charge >= 0.3 is 0 Å². The first-order valence-corrected chi connectivity index (χ1v) is 7.45. The van der Waals surface area contributed by atoms with Crippen LogP contribution in [-0.4, -0.2) is 48.9 Å².